The molecule has 0 saturated carbocycles. The summed E-state index contributed by atoms with van der Waals surface area (Å²) in [6.45, 7) is 5.07. The fraction of sp³-hybridized carbons (Fsp3) is 0.533. The Hall–Kier alpha value is -1.15. The van der Waals surface area contributed by atoms with Crippen LogP contribution in [0.3, 0.4) is 0 Å². The highest BCUT2D eigenvalue weighted by atomic mass is 16.1. The van der Waals surface area contributed by atoms with Gasteiger partial charge in [0.05, 0.1) is 0 Å². The van der Waals surface area contributed by atoms with Gasteiger partial charge in [0.2, 0.25) is 0 Å². The molecule has 2 rings (SSSR count). The third-order valence-corrected chi connectivity index (χ3v) is 3.54. The van der Waals surface area contributed by atoms with E-state index in [2.05, 4.69) is 35.2 Å². The quantitative estimate of drug-likeness (QED) is 0.793. The molecular formula is C15H21NO. The fourth-order valence-electron chi connectivity index (χ4n) is 2.45. The summed E-state index contributed by atoms with van der Waals surface area (Å²) in [6, 6.07) is 10.6. The molecule has 0 aliphatic carbocycles. The SMILES string of the molecule is CC1CN(CCCc2ccccc2)CCC1=O. The van der Waals surface area contributed by atoms with Crippen molar-refractivity contribution in [3.05, 3.63) is 35.9 Å². The van der Waals surface area contributed by atoms with Gasteiger partial charge in [-0.1, -0.05) is 37.3 Å². The summed E-state index contributed by atoms with van der Waals surface area (Å²) in [4.78, 5) is 13.8. The molecule has 0 spiro atoms. The summed E-state index contributed by atoms with van der Waals surface area (Å²) < 4.78 is 0. The van der Waals surface area contributed by atoms with E-state index in [0.29, 0.717) is 5.78 Å². The summed E-state index contributed by atoms with van der Waals surface area (Å²) in [6.07, 6.45) is 3.07. The molecule has 2 nitrogen and oxygen atoms in total. The van der Waals surface area contributed by atoms with Gasteiger partial charge < -0.3 is 4.90 Å². The number of carbonyl (C=O) groups is 1. The molecule has 1 heterocycles. The van der Waals surface area contributed by atoms with E-state index in [4.69, 9.17) is 0 Å². The highest BCUT2D eigenvalue weighted by molar-refractivity contribution is 5.81. The Morgan fingerprint density at radius 3 is 2.76 bits per heavy atom. The molecule has 2 heteroatoms. The van der Waals surface area contributed by atoms with Crippen molar-refractivity contribution in [1.82, 2.24) is 4.90 Å². The minimum Gasteiger partial charge on any atom is -0.302 e. The Morgan fingerprint density at radius 2 is 2.06 bits per heavy atom. The van der Waals surface area contributed by atoms with Crippen molar-refractivity contribution in [2.75, 3.05) is 19.6 Å². The first-order chi connectivity index (χ1) is 8.25. The van der Waals surface area contributed by atoms with E-state index in [1.54, 1.807) is 0 Å². The van der Waals surface area contributed by atoms with Crippen LogP contribution in [0.15, 0.2) is 30.3 Å². The van der Waals surface area contributed by atoms with Crippen LogP contribution >= 0.6 is 0 Å². The Kier molecular flexibility index (Phi) is 4.32. The van der Waals surface area contributed by atoms with Crippen LogP contribution in [0.25, 0.3) is 0 Å². The maximum absolute atomic E-state index is 11.4. The van der Waals surface area contributed by atoms with E-state index >= 15 is 0 Å². The van der Waals surface area contributed by atoms with Crippen molar-refractivity contribution in [3.63, 3.8) is 0 Å². The summed E-state index contributed by atoms with van der Waals surface area (Å²) >= 11 is 0. The number of benzene rings is 1. The first-order valence-corrected chi connectivity index (χ1v) is 6.54. The highest BCUT2D eigenvalue weighted by Gasteiger charge is 2.22. The lowest BCUT2D eigenvalue weighted by Gasteiger charge is -2.29. The van der Waals surface area contributed by atoms with Crippen molar-refractivity contribution in [2.45, 2.75) is 26.2 Å². The van der Waals surface area contributed by atoms with Gasteiger partial charge in [-0.15, -0.1) is 0 Å². The summed E-state index contributed by atoms with van der Waals surface area (Å²) in [5.41, 5.74) is 1.41. The van der Waals surface area contributed by atoms with Crippen molar-refractivity contribution in [3.8, 4) is 0 Å². The number of piperidine rings is 1. The van der Waals surface area contributed by atoms with Gasteiger partial charge in [0.25, 0.3) is 0 Å². The molecule has 1 unspecified atom stereocenters. The molecule has 0 bridgehead atoms. The van der Waals surface area contributed by atoms with E-state index < -0.39 is 0 Å². The smallest absolute Gasteiger partial charge is 0.138 e. The van der Waals surface area contributed by atoms with Crippen molar-refractivity contribution < 1.29 is 4.79 Å². The zero-order valence-corrected chi connectivity index (χ0v) is 10.6. The van der Waals surface area contributed by atoms with Crippen LogP contribution in [-0.2, 0) is 11.2 Å². The Bertz CT molecular complexity index is 360. The zero-order chi connectivity index (χ0) is 12.1. The molecule has 92 valence electrons. The standard InChI is InChI=1S/C15H21NO/c1-13-12-16(11-9-15(13)17)10-5-8-14-6-3-2-4-7-14/h2-4,6-7,13H,5,8-12H2,1H3. The minimum absolute atomic E-state index is 0.237. The third kappa shape index (κ3) is 3.67. The lowest BCUT2D eigenvalue weighted by molar-refractivity contribution is -0.125. The predicted molar refractivity (Wildman–Crippen MR) is 70.0 cm³/mol. The van der Waals surface area contributed by atoms with Crippen LogP contribution in [0.5, 0.6) is 0 Å². The molecule has 0 amide bonds. The van der Waals surface area contributed by atoms with E-state index in [1.807, 2.05) is 6.92 Å². The van der Waals surface area contributed by atoms with Gasteiger partial charge in [0, 0.05) is 25.4 Å². The molecular weight excluding hydrogens is 210 g/mol. The Morgan fingerprint density at radius 1 is 1.29 bits per heavy atom. The second-order valence-corrected chi connectivity index (χ2v) is 5.01. The molecule has 0 radical (unpaired) electrons. The van der Waals surface area contributed by atoms with Crippen molar-refractivity contribution >= 4 is 5.78 Å². The highest BCUT2D eigenvalue weighted by Crippen LogP contribution is 2.13. The number of aryl methyl sites for hydroxylation is 1. The number of carbonyl (C=O) groups excluding carboxylic acids is 1. The molecule has 1 aromatic rings. The molecule has 1 aliphatic rings. The Balaban J connectivity index is 1.71. The van der Waals surface area contributed by atoms with Gasteiger partial charge in [-0.3, -0.25) is 4.79 Å². The minimum atomic E-state index is 0.237. The van der Waals surface area contributed by atoms with Gasteiger partial charge in [0.15, 0.2) is 0 Å². The number of hydrogen-bond donors (Lipinski definition) is 0. The number of likely N-dealkylation sites (tertiary alicyclic amines) is 1. The molecule has 0 aromatic heterocycles. The van der Waals surface area contributed by atoms with E-state index in [0.717, 1.165) is 32.5 Å². The third-order valence-electron chi connectivity index (χ3n) is 3.54. The van der Waals surface area contributed by atoms with E-state index in [-0.39, 0.29) is 5.92 Å². The molecule has 17 heavy (non-hydrogen) atoms. The maximum atomic E-state index is 11.4. The van der Waals surface area contributed by atoms with Crippen LogP contribution in [0.1, 0.15) is 25.3 Å². The average molecular weight is 231 g/mol. The van der Waals surface area contributed by atoms with E-state index in [9.17, 15) is 4.79 Å². The maximum Gasteiger partial charge on any atom is 0.138 e. The first-order valence-electron chi connectivity index (χ1n) is 6.54. The van der Waals surface area contributed by atoms with Crippen molar-refractivity contribution in [2.24, 2.45) is 5.92 Å². The Labute approximate surface area is 104 Å². The summed E-state index contributed by atoms with van der Waals surface area (Å²) in [5, 5.41) is 0. The second-order valence-electron chi connectivity index (χ2n) is 5.01. The number of Topliss-reactive ketones (excluding diaryl/α,β-unsaturated/α-hetero) is 1. The number of ketones is 1. The topological polar surface area (TPSA) is 20.3 Å². The molecule has 1 atom stereocenters. The van der Waals surface area contributed by atoms with Gasteiger partial charge in [0.1, 0.15) is 5.78 Å². The van der Waals surface area contributed by atoms with Crippen molar-refractivity contribution in [1.29, 1.82) is 0 Å². The second kappa shape index (κ2) is 5.97. The molecule has 1 saturated heterocycles. The fourth-order valence-corrected chi connectivity index (χ4v) is 2.45. The molecule has 0 N–H and O–H groups in total. The number of hydrogen-bond acceptors (Lipinski definition) is 2. The van der Waals surface area contributed by atoms with Crippen LogP contribution in [0, 0.1) is 5.92 Å². The number of rotatable bonds is 4. The molecule has 1 aromatic carbocycles. The van der Waals surface area contributed by atoms with Crippen LogP contribution in [-0.4, -0.2) is 30.3 Å². The van der Waals surface area contributed by atoms with Gasteiger partial charge in [-0.25, -0.2) is 0 Å². The lowest BCUT2D eigenvalue weighted by Crippen LogP contribution is -2.40. The average Bonchev–Trinajstić information content (AvgIpc) is 2.35. The monoisotopic (exact) mass is 231 g/mol. The lowest BCUT2D eigenvalue weighted by atomic mass is 9.98. The zero-order valence-electron chi connectivity index (χ0n) is 10.6. The van der Waals surface area contributed by atoms with Crippen LogP contribution in [0.4, 0.5) is 0 Å². The normalized spacial score (nSPS) is 21.7. The molecule has 1 fully saturated rings. The van der Waals surface area contributed by atoms with E-state index in [1.165, 1.54) is 12.0 Å². The van der Waals surface area contributed by atoms with Gasteiger partial charge in [-0.05, 0) is 24.9 Å². The first kappa shape index (κ1) is 12.3. The predicted octanol–water partition coefficient (Wildman–Crippen LogP) is 2.53. The van der Waals surface area contributed by atoms with Gasteiger partial charge >= 0.3 is 0 Å². The van der Waals surface area contributed by atoms with Gasteiger partial charge in [-0.2, -0.15) is 0 Å². The summed E-state index contributed by atoms with van der Waals surface area (Å²) in [7, 11) is 0. The summed E-state index contributed by atoms with van der Waals surface area (Å²) in [5.74, 6) is 0.671. The molecule has 1 aliphatic heterocycles. The number of nitrogens with zero attached hydrogens (tertiary/aromatic N) is 1. The van der Waals surface area contributed by atoms with Crippen LogP contribution < -0.4 is 0 Å². The largest absolute Gasteiger partial charge is 0.302 e. The van der Waals surface area contributed by atoms with Crippen LogP contribution in [0.2, 0.25) is 0 Å².